The normalized spacial score (nSPS) is 10.7. The van der Waals surface area contributed by atoms with Gasteiger partial charge in [-0.15, -0.1) is 11.3 Å². The first kappa shape index (κ1) is 21.3. The molecule has 1 N–H and O–H groups in total. The first-order valence-corrected chi connectivity index (χ1v) is 10.1. The maximum Gasteiger partial charge on any atom is 0.331 e. The van der Waals surface area contributed by atoms with Crippen LogP contribution >= 0.6 is 22.9 Å². The zero-order chi connectivity index (χ0) is 21.7. The third-order valence-corrected chi connectivity index (χ3v) is 5.27. The number of nitrogens with one attached hydrogen (secondary N) is 1. The van der Waals surface area contributed by atoms with E-state index in [1.165, 1.54) is 29.5 Å². The fraction of sp³-hybridized carbons (Fsp3) is 0.143. The van der Waals surface area contributed by atoms with E-state index in [9.17, 15) is 9.59 Å². The Balaban J connectivity index is 1.56. The molecule has 3 aromatic rings. The summed E-state index contributed by atoms with van der Waals surface area (Å²) in [6.45, 7) is 3.46. The van der Waals surface area contributed by atoms with Crippen LogP contribution in [0, 0.1) is 25.2 Å². The van der Waals surface area contributed by atoms with Gasteiger partial charge in [0.05, 0.1) is 10.6 Å². The Kier molecular flexibility index (Phi) is 6.67. The molecule has 2 heterocycles. The number of amides is 1. The molecule has 0 radical (unpaired) electrons. The van der Waals surface area contributed by atoms with Crippen molar-refractivity contribution in [2.75, 3.05) is 11.9 Å². The van der Waals surface area contributed by atoms with E-state index in [4.69, 9.17) is 21.6 Å². The Morgan fingerprint density at radius 3 is 2.83 bits per heavy atom. The molecule has 0 spiro atoms. The van der Waals surface area contributed by atoms with Crippen molar-refractivity contribution < 1.29 is 14.3 Å². The molecule has 0 saturated heterocycles. The van der Waals surface area contributed by atoms with Gasteiger partial charge in [-0.2, -0.15) is 5.26 Å². The Labute approximate surface area is 182 Å². The number of nitriles is 1. The van der Waals surface area contributed by atoms with Crippen molar-refractivity contribution in [2.24, 2.45) is 0 Å². The Morgan fingerprint density at radius 1 is 1.37 bits per heavy atom. The van der Waals surface area contributed by atoms with Crippen LogP contribution in [0.15, 0.2) is 41.9 Å². The van der Waals surface area contributed by atoms with E-state index in [0.29, 0.717) is 11.3 Å². The molecule has 0 aliphatic heterocycles. The summed E-state index contributed by atoms with van der Waals surface area (Å²) in [6, 6.07) is 8.38. The summed E-state index contributed by atoms with van der Waals surface area (Å²) < 4.78 is 6.99. The summed E-state index contributed by atoms with van der Waals surface area (Å²) in [5.41, 5.74) is 3.51. The van der Waals surface area contributed by atoms with Crippen LogP contribution < -0.4 is 5.32 Å². The molecule has 9 heteroatoms. The van der Waals surface area contributed by atoms with Crippen molar-refractivity contribution >= 4 is 46.6 Å². The van der Waals surface area contributed by atoms with Gasteiger partial charge in [0.25, 0.3) is 5.91 Å². The molecule has 0 atom stereocenters. The lowest BCUT2D eigenvalue weighted by molar-refractivity contribution is -0.142. The van der Waals surface area contributed by atoms with Crippen LogP contribution in [0.25, 0.3) is 11.2 Å². The monoisotopic (exact) mass is 440 g/mol. The highest BCUT2D eigenvalue weighted by molar-refractivity contribution is 7.12. The van der Waals surface area contributed by atoms with E-state index in [-0.39, 0.29) is 5.02 Å². The number of halogens is 1. The van der Waals surface area contributed by atoms with Crippen molar-refractivity contribution in [3.8, 4) is 11.2 Å². The van der Waals surface area contributed by atoms with Crippen molar-refractivity contribution in [1.29, 1.82) is 5.26 Å². The van der Waals surface area contributed by atoms with Crippen LogP contribution in [0.1, 0.15) is 22.5 Å². The topological polar surface area (TPSA) is 97.0 Å². The molecule has 7 nitrogen and oxygen atoms in total. The maximum atomic E-state index is 12.0. The van der Waals surface area contributed by atoms with Gasteiger partial charge in [0.1, 0.15) is 6.07 Å². The number of rotatable bonds is 6. The standard InChI is InChI=1S/C21H17ClN4O3S/c1-13-9-15(14(2)26(13)21-24-7-8-30-21)4-6-20(28)29-12-19(27)25-17-5-3-16(11-23)18(22)10-17/h3-10H,12H2,1-2H3,(H,25,27)/b6-4+. The van der Waals surface area contributed by atoms with Gasteiger partial charge < -0.3 is 10.1 Å². The van der Waals surface area contributed by atoms with Gasteiger partial charge >= 0.3 is 5.97 Å². The van der Waals surface area contributed by atoms with Gasteiger partial charge in [-0.3, -0.25) is 9.36 Å². The average Bonchev–Trinajstić information content (AvgIpc) is 3.32. The molecule has 0 aliphatic carbocycles. The highest BCUT2D eigenvalue weighted by atomic mass is 35.5. The van der Waals surface area contributed by atoms with Crippen molar-refractivity contribution in [3.05, 3.63) is 69.5 Å². The minimum Gasteiger partial charge on any atom is -0.452 e. The summed E-state index contributed by atoms with van der Waals surface area (Å²) in [4.78, 5) is 28.3. The summed E-state index contributed by atoms with van der Waals surface area (Å²) in [7, 11) is 0. The molecule has 30 heavy (non-hydrogen) atoms. The molecule has 2 aromatic heterocycles. The van der Waals surface area contributed by atoms with Gasteiger partial charge in [0.2, 0.25) is 0 Å². The molecule has 0 bridgehead atoms. The minimum absolute atomic E-state index is 0.227. The number of benzene rings is 1. The number of aromatic nitrogens is 2. The first-order chi connectivity index (χ1) is 14.4. The summed E-state index contributed by atoms with van der Waals surface area (Å²) in [6.07, 6.45) is 4.66. The molecule has 0 unspecified atom stereocenters. The lowest BCUT2D eigenvalue weighted by Crippen LogP contribution is -2.20. The number of hydrogen-bond acceptors (Lipinski definition) is 6. The highest BCUT2D eigenvalue weighted by Gasteiger charge is 2.12. The zero-order valence-electron chi connectivity index (χ0n) is 16.2. The predicted octanol–water partition coefficient (Wildman–Crippen LogP) is 4.27. The smallest absolute Gasteiger partial charge is 0.331 e. The second-order valence-electron chi connectivity index (χ2n) is 6.27. The van der Waals surface area contributed by atoms with Gasteiger partial charge in [-0.05, 0) is 49.8 Å². The second-order valence-corrected chi connectivity index (χ2v) is 7.55. The number of carbonyl (C=O) groups excluding carboxylic acids is 2. The predicted molar refractivity (Wildman–Crippen MR) is 116 cm³/mol. The molecule has 1 aromatic carbocycles. The molecule has 0 aliphatic rings. The SMILES string of the molecule is Cc1cc(/C=C/C(=O)OCC(=O)Nc2ccc(C#N)c(Cl)c2)c(C)n1-c1nccs1. The van der Waals surface area contributed by atoms with Crippen molar-refractivity contribution in [3.63, 3.8) is 0 Å². The zero-order valence-corrected chi connectivity index (χ0v) is 17.8. The van der Waals surface area contributed by atoms with E-state index in [1.807, 2.05) is 35.9 Å². The Morgan fingerprint density at radius 2 is 2.17 bits per heavy atom. The van der Waals surface area contributed by atoms with Crippen LogP contribution in [0.2, 0.25) is 5.02 Å². The van der Waals surface area contributed by atoms with Crippen LogP contribution in [0.4, 0.5) is 5.69 Å². The average molecular weight is 441 g/mol. The summed E-state index contributed by atoms with van der Waals surface area (Å²) in [5, 5.41) is 14.4. The quantitative estimate of drug-likeness (QED) is 0.456. The van der Waals surface area contributed by atoms with Gasteiger partial charge in [-0.25, -0.2) is 9.78 Å². The number of hydrogen-bond donors (Lipinski definition) is 1. The number of aryl methyl sites for hydroxylation is 1. The highest BCUT2D eigenvalue weighted by Crippen LogP contribution is 2.23. The molecular weight excluding hydrogens is 424 g/mol. The number of anilines is 1. The number of carbonyl (C=O) groups is 2. The maximum absolute atomic E-state index is 12.0. The fourth-order valence-electron chi connectivity index (χ4n) is 2.80. The second kappa shape index (κ2) is 9.39. The lowest BCUT2D eigenvalue weighted by atomic mass is 10.2. The molecule has 0 saturated carbocycles. The largest absolute Gasteiger partial charge is 0.452 e. The molecule has 152 valence electrons. The number of thiazole rings is 1. The molecule has 3 rings (SSSR count). The Hall–Kier alpha value is -3.41. The number of nitrogens with zero attached hydrogens (tertiary/aromatic N) is 3. The fourth-order valence-corrected chi connectivity index (χ4v) is 3.77. The third kappa shape index (κ3) is 4.95. The Bertz CT molecular complexity index is 1160. The van der Waals surface area contributed by atoms with Crippen molar-refractivity contribution in [2.45, 2.75) is 13.8 Å². The molecule has 1 amide bonds. The van der Waals surface area contributed by atoms with E-state index in [1.54, 1.807) is 18.3 Å². The first-order valence-electron chi connectivity index (χ1n) is 8.82. The summed E-state index contributed by atoms with van der Waals surface area (Å²) >= 11 is 7.45. The van der Waals surface area contributed by atoms with E-state index in [0.717, 1.165) is 22.1 Å². The van der Waals surface area contributed by atoms with Crippen LogP contribution in [0.3, 0.4) is 0 Å². The molecule has 0 fully saturated rings. The third-order valence-electron chi connectivity index (χ3n) is 4.20. The molecular formula is C21H17ClN4O3S. The number of ether oxygens (including phenoxy) is 1. The van der Waals surface area contributed by atoms with Crippen LogP contribution in [0.5, 0.6) is 0 Å². The van der Waals surface area contributed by atoms with Crippen molar-refractivity contribution in [1.82, 2.24) is 9.55 Å². The van der Waals surface area contributed by atoms with E-state index in [2.05, 4.69) is 10.3 Å². The van der Waals surface area contributed by atoms with E-state index >= 15 is 0 Å². The van der Waals surface area contributed by atoms with Gasteiger partial charge in [0, 0.05) is 34.7 Å². The lowest BCUT2D eigenvalue weighted by Gasteiger charge is -2.06. The van der Waals surface area contributed by atoms with Crippen LogP contribution in [-0.2, 0) is 14.3 Å². The minimum atomic E-state index is -0.637. The van der Waals surface area contributed by atoms with Gasteiger partial charge in [-0.1, -0.05) is 11.6 Å². The summed E-state index contributed by atoms with van der Waals surface area (Å²) in [5.74, 6) is -1.15. The van der Waals surface area contributed by atoms with E-state index < -0.39 is 18.5 Å². The number of esters is 1. The van der Waals surface area contributed by atoms with Gasteiger partial charge in [0.15, 0.2) is 11.7 Å². The van der Waals surface area contributed by atoms with Crippen LogP contribution in [-0.4, -0.2) is 28.0 Å².